The largest absolute Gasteiger partial charge is 0.451 e. The maximum atomic E-state index is 12.4. The first-order valence-corrected chi connectivity index (χ1v) is 8.17. The van der Waals surface area contributed by atoms with Gasteiger partial charge in [0.2, 0.25) is 0 Å². The second-order valence-corrected chi connectivity index (χ2v) is 6.03. The van der Waals surface area contributed by atoms with Crippen molar-refractivity contribution in [1.82, 2.24) is 15.1 Å². The third-order valence-corrected chi connectivity index (χ3v) is 4.47. The molecular formula is C19H17N3O3. The summed E-state index contributed by atoms with van der Waals surface area (Å²) >= 11 is 0. The van der Waals surface area contributed by atoms with E-state index in [1.54, 1.807) is 11.0 Å². The van der Waals surface area contributed by atoms with E-state index in [0.29, 0.717) is 18.5 Å². The van der Waals surface area contributed by atoms with Gasteiger partial charge in [0, 0.05) is 18.5 Å². The minimum absolute atomic E-state index is 0.192. The first-order chi connectivity index (χ1) is 12.2. The number of aromatic amines is 1. The lowest BCUT2D eigenvalue weighted by atomic mass is 10.00. The van der Waals surface area contributed by atoms with Crippen molar-refractivity contribution in [2.24, 2.45) is 0 Å². The van der Waals surface area contributed by atoms with Crippen molar-refractivity contribution in [3.63, 3.8) is 0 Å². The molecule has 0 atom stereocenters. The van der Waals surface area contributed by atoms with Crippen molar-refractivity contribution in [1.29, 1.82) is 0 Å². The van der Waals surface area contributed by atoms with Crippen LogP contribution in [0.1, 0.15) is 21.6 Å². The van der Waals surface area contributed by atoms with Crippen molar-refractivity contribution < 1.29 is 14.3 Å². The zero-order valence-electron chi connectivity index (χ0n) is 13.6. The molecule has 126 valence electrons. The van der Waals surface area contributed by atoms with Gasteiger partial charge in [0.25, 0.3) is 5.91 Å². The van der Waals surface area contributed by atoms with Gasteiger partial charge in [-0.2, -0.15) is 5.10 Å². The van der Waals surface area contributed by atoms with Gasteiger partial charge in [-0.15, -0.1) is 0 Å². The third kappa shape index (κ3) is 2.98. The summed E-state index contributed by atoms with van der Waals surface area (Å²) in [5.74, 6) is -0.786. The lowest BCUT2D eigenvalue weighted by Gasteiger charge is -2.28. The zero-order valence-corrected chi connectivity index (χ0v) is 13.6. The van der Waals surface area contributed by atoms with E-state index in [-0.39, 0.29) is 18.2 Å². The van der Waals surface area contributed by atoms with Gasteiger partial charge in [0.05, 0.1) is 5.52 Å². The topological polar surface area (TPSA) is 75.3 Å². The van der Waals surface area contributed by atoms with Crippen LogP contribution in [0.15, 0.2) is 48.5 Å². The highest BCUT2D eigenvalue weighted by Gasteiger charge is 2.22. The average Bonchev–Trinajstić information content (AvgIpc) is 3.09. The summed E-state index contributed by atoms with van der Waals surface area (Å²) in [5.41, 5.74) is 3.37. The lowest BCUT2D eigenvalue weighted by Crippen LogP contribution is -2.38. The average molecular weight is 335 g/mol. The fraction of sp³-hybridized carbons (Fsp3) is 0.211. The quantitative estimate of drug-likeness (QED) is 0.745. The van der Waals surface area contributed by atoms with E-state index in [4.69, 9.17) is 4.74 Å². The number of rotatable bonds is 3. The number of hydrogen-bond donors (Lipinski definition) is 1. The Balaban J connectivity index is 1.40. The third-order valence-electron chi connectivity index (χ3n) is 4.47. The van der Waals surface area contributed by atoms with Crippen LogP contribution < -0.4 is 0 Å². The van der Waals surface area contributed by atoms with E-state index >= 15 is 0 Å². The number of hydrogen-bond acceptors (Lipinski definition) is 4. The van der Waals surface area contributed by atoms with E-state index in [2.05, 4.69) is 16.3 Å². The molecular weight excluding hydrogens is 318 g/mol. The molecule has 1 aromatic heterocycles. The SMILES string of the molecule is O=C(OCC(=O)N1CCc2ccccc2C1)c1n[nH]c2ccccc12. The summed E-state index contributed by atoms with van der Waals surface area (Å²) in [5, 5.41) is 7.46. The summed E-state index contributed by atoms with van der Waals surface area (Å²) in [6.07, 6.45) is 0.819. The zero-order chi connectivity index (χ0) is 17.2. The number of nitrogens with zero attached hydrogens (tertiary/aromatic N) is 2. The molecule has 1 aliphatic rings. The highest BCUT2D eigenvalue weighted by Crippen LogP contribution is 2.19. The standard InChI is InChI=1S/C19H17N3O3/c23-17(22-10-9-13-5-1-2-6-14(13)11-22)12-25-19(24)18-15-7-3-4-8-16(15)20-21-18/h1-8H,9-12H2,(H,20,21). The molecule has 1 aliphatic heterocycles. The van der Waals surface area contributed by atoms with Crippen molar-refractivity contribution in [3.8, 4) is 0 Å². The lowest BCUT2D eigenvalue weighted by molar-refractivity contribution is -0.135. The molecule has 0 unspecified atom stereocenters. The summed E-state index contributed by atoms with van der Waals surface area (Å²) in [4.78, 5) is 26.3. The maximum absolute atomic E-state index is 12.4. The van der Waals surface area contributed by atoms with Crippen LogP contribution in [0.2, 0.25) is 0 Å². The summed E-state index contributed by atoms with van der Waals surface area (Å²) in [7, 11) is 0. The molecule has 6 nitrogen and oxygen atoms in total. The molecule has 0 saturated carbocycles. The molecule has 0 fully saturated rings. The van der Waals surface area contributed by atoms with Crippen LogP contribution >= 0.6 is 0 Å². The maximum Gasteiger partial charge on any atom is 0.359 e. The Labute approximate surface area is 144 Å². The van der Waals surface area contributed by atoms with Crippen LogP contribution in [-0.2, 0) is 22.5 Å². The molecule has 0 radical (unpaired) electrons. The Morgan fingerprint density at radius 1 is 1.08 bits per heavy atom. The second-order valence-electron chi connectivity index (χ2n) is 6.03. The Bertz CT molecular complexity index is 948. The summed E-state index contributed by atoms with van der Waals surface area (Å²) in [6, 6.07) is 15.4. The number of benzene rings is 2. The number of carbonyl (C=O) groups excluding carboxylic acids is 2. The smallest absolute Gasteiger partial charge is 0.359 e. The van der Waals surface area contributed by atoms with Gasteiger partial charge in [0.1, 0.15) is 0 Å². The van der Waals surface area contributed by atoms with Crippen molar-refractivity contribution in [3.05, 3.63) is 65.4 Å². The number of para-hydroxylation sites is 1. The van der Waals surface area contributed by atoms with Gasteiger partial charge < -0.3 is 9.64 Å². The highest BCUT2D eigenvalue weighted by molar-refractivity contribution is 6.02. The molecule has 0 saturated heterocycles. The molecule has 6 heteroatoms. The molecule has 25 heavy (non-hydrogen) atoms. The van der Waals surface area contributed by atoms with Gasteiger partial charge >= 0.3 is 5.97 Å². The second kappa shape index (κ2) is 6.39. The number of esters is 1. The summed E-state index contributed by atoms with van der Waals surface area (Å²) < 4.78 is 5.18. The Morgan fingerprint density at radius 2 is 1.84 bits per heavy atom. The van der Waals surface area contributed by atoms with E-state index < -0.39 is 5.97 Å². The number of H-pyrrole nitrogens is 1. The van der Waals surface area contributed by atoms with E-state index in [0.717, 1.165) is 17.5 Å². The van der Waals surface area contributed by atoms with Crippen LogP contribution in [0.5, 0.6) is 0 Å². The fourth-order valence-corrected chi connectivity index (χ4v) is 3.11. The van der Waals surface area contributed by atoms with Crippen LogP contribution in [0, 0.1) is 0 Å². The first kappa shape index (κ1) is 15.4. The van der Waals surface area contributed by atoms with E-state index in [1.807, 2.05) is 36.4 Å². The fourth-order valence-electron chi connectivity index (χ4n) is 3.11. The van der Waals surface area contributed by atoms with Crippen LogP contribution in [0.25, 0.3) is 10.9 Å². The number of ether oxygens (including phenoxy) is 1. The predicted octanol–water partition coefficient (Wildman–Crippen LogP) is 2.30. The molecule has 2 heterocycles. The molecule has 0 aliphatic carbocycles. The van der Waals surface area contributed by atoms with Gasteiger partial charge in [-0.1, -0.05) is 42.5 Å². The number of nitrogens with one attached hydrogen (secondary N) is 1. The molecule has 1 amide bonds. The van der Waals surface area contributed by atoms with Gasteiger partial charge in [0.15, 0.2) is 12.3 Å². The first-order valence-electron chi connectivity index (χ1n) is 8.17. The number of fused-ring (bicyclic) bond motifs is 2. The van der Waals surface area contributed by atoms with Crippen molar-refractivity contribution in [2.75, 3.05) is 13.2 Å². The number of carbonyl (C=O) groups is 2. The van der Waals surface area contributed by atoms with Crippen LogP contribution in [-0.4, -0.2) is 40.1 Å². The highest BCUT2D eigenvalue weighted by atomic mass is 16.5. The molecule has 0 spiro atoms. The molecule has 1 N–H and O–H groups in total. The monoisotopic (exact) mass is 335 g/mol. The molecule has 0 bridgehead atoms. The Hall–Kier alpha value is -3.15. The van der Waals surface area contributed by atoms with Gasteiger partial charge in [-0.25, -0.2) is 4.79 Å². The van der Waals surface area contributed by atoms with Gasteiger partial charge in [-0.05, 0) is 23.6 Å². The molecule has 2 aromatic carbocycles. The number of amides is 1. The summed E-state index contributed by atoms with van der Waals surface area (Å²) in [6.45, 7) is 0.915. The van der Waals surface area contributed by atoms with Crippen LogP contribution in [0.3, 0.4) is 0 Å². The Kier molecular flexibility index (Phi) is 3.93. The minimum atomic E-state index is -0.594. The van der Waals surface area contributed by atoms with E-state index in [1.165, 1.54) is 5.56 Å². The number of aromatic nitrogens is 2. The normalized spacial score (nSPS) is 13.5. The van der Waals surface area contributed by atoms with Crippen molar-refractivity contribution >= 4 is 22.8 Å². The Morgan fingerprint density at radius 3 is 2.72 bits per heavy atom. The molecule has 3 aromatic rings. The van der Waals surface area contributed by atoms with Gasteiger partial charge in [-0.3, -0.25) is 9.89 Å². The van der Waals surface area contributed by atoms with Crippen LogP contribution in [0.4, 0.5) is 0 Å². The van der Waals surface area contributed by atoms with E-state index in [9.17, 15) is 9.59 Å². The van der Waals surface area contributed by atoms with Crippen molar-refractivity contribution in [2.45, 2.75) is 13.0 Å². The molecule has 4 rings (SSSR count). The minimum Gasteiger partial charge on any atom is -0.451 e. The predicted molar refractivity (Wildman–Crippen MR) is 91.9 cm³/mol.